The Balaban J connectivity index is 2.04. The number of alkyl halides is 2. The lowest BCUT2D eigenvalue weighted by Gasteiger charge is -2.18. The zero-order chi connectivity index (χ0) is 18.0. The van der Waals surface area contributed by atoms with Gasteiger partial charge in [0, 0.05) is 0 Å². The second-order valence-corrected chi connectivity index (χ2v) is 6.06. The van der Waals surface area contributed by atoms with E-state index in [1.54, 1.807) is 30.3 Å². The fourth-order valence-electron chi connectivity index (χ4n) is 1.80. The maximum atomic E-state index is 12.9. The van der Waals surface area contributed by atoms with Gasteiger partial charge < -0.3 is 14.0 Å². The second-order valence-electron chi connectivity index (χ2n) is 4.64. The summed E-state index contributed by atoms with van der Waals surface area (Å²) < 4.78 is 65.5. The molecule has 0 bridgehead atoms. The fourth-order valence-corrected chi connectivity index (χ4v) is 2.06. The number of esters is 1. The third kappa shape index (κ3) is 3.69. The molecule has 24 heavy (non-hydrogen) atoms. The molecule has 0 aliphatic heterocycles. The molecule has 128 valence electrons. The van der Waals surface area contributed by atoms with E-state index in [9.17, 15) is 26.5 Å². The highest BCUT2D eigenvalue weighted by molar-refractivity contribution is 7.87. The van der Waals surface area contributed by atoms with Crippen LogP contribution in [-0.2, 0) is 19.6 Å². The first-order valence-corrected chi connectivity index (χ1v) is 7.85. The van der Waals surface area contributed by atoms with Gasteiger partial charge in [0.05, 0.1) is 0 Å². The molecule has 0 unspecified atom stereocenters. The van der Waals surface area contributed by atoms with Crippen molar-refractivity contribution in [3.05, 3.63) is 48.5 Å². The Morgan fingerprint density at radius 3 is 2.46 bits per heavy atom. The summed E-state index contributed by atoms with van der Waals surface area (Å²) in [6.45, 7) is 2.68. The van der Waals surface area contributed by atoms with Crippen LogP contribution in [0.3, 0.4) is 0 Å². The van der Waals surface area contributed by atoms with Gasteiger partial charge in [0.15, 0.2) is 10.1 Å². The Labute approximate surface area is 136 Å². The second kappa shape index (κ2) is 6.54. The van der Waals surface area contributed by atoms with E-state index in [-0.39, 0.29) is 5.75 Å². The topological polar surface area (TPSA) is 92.7 Å². The number of carbonyl (C=O) groups is 1. The Bertz CT molecular complexity index is 892. The lowest BCUT2D eigenvalue weighted by atomic mass is 10.1. The van der Waals surface area contributed by atoms with Crippen LogP contribution < -0.4 is 4.74 Å². The van der Waals surface area contributed by atoms with E-state index in [4.69, 9.17) is 4.74 Å². The predicted octanol–water partition coefficient (Wildman–Crippen LogP) is 2.50. The Morgan fingerprint density at radius 1 is 1.21 bits per heavy atom. The lowest BCUT2D eigenvalue weighted by molar-refractivity contribution is -0.168. The van der Waals surface area contributed by atoms with Crippen molar-refractivity contribution >= 4 is 32.9 Å². The fraction of sp³-hybridized carbons (Fsp3) is 0.133. The van der Waals surface area contributed by atoms with Crippen molar-refractivity contribution in [2.45, 2.75) is 5.25 Å². The number of benzene rings is 2. The molecule has 2 aromatic rings. The number of carbonyl (C=O) groups excluding carboxylic acids is 1. The molecule has 0 radical (unpaired) electrons. The van der Waals surface area contributed by atoms with E-state index >= 15 is 0 Å². The van der Waals surface area contributed by atoms with Gasteiger partial charge >= 0.3 is 11.2 Å². The molecule has 0 saturated carbocycles. The molecule has 0 saturated heterocycles. The third-order valence-electron chi connectivity index (χ3n) is 3.04. The first kappa shape index (κ1) is 17.8. The molecule has 0 atom stereocenters. The highest BCUT2D eigenvalue weighted by Crippen LogP contribution is 2.24. The molecule has 0 fully saturated rings. The molecule has 6 nitrogen and oxygen atoms in total. The van der Waals surface area contributed by atoms with Crippen LogP contribution in [-0.4, -0.2) is 31.0 Å². The normalized spacial score (nSPS) is 12.0. The SMILES string of the molecule is C=Cc1ccc2cc(OCOC(=O)C(F)(F)S(=O)(=O)[O-])ccc2c1. The first-order valence-electron chi connectivity index (χ1n) is 6.44. The molecule has 0 aliphatic carbocycles. The zero-order valence-corrected chi connectivity index (χ0v) is 12.9. The van der Waals surface area contributed by atoms with Crippen molar-refractivity contribution in [1.29, 1.82) is 0 Å². The van der Waals surface area contributed by atoms with Gasteiger partial charge in [-0.3, -0.25) is 0 Å². The average molecular weight is 357 g/mol. The summed E-state index contributed by atoms with van der Waals surface area (Å²) in [7, 11) is -6.15. The van der Waals surface area contributed by atoms with Crippen LogP contribution in [0.2, 0.25) is 0 Å². The van der Waals surface area contributed by atoms with Gasteiger partial charge in [-0.25, -0.2) is 13.2 Å². The number of halogens is 2. The van der Waals surface area contributed by atoms with E-state index < -0.39 is 28.1 Å². The van der Waals surface area contributed by atoms with Crippen molar-refractivity contribution < 1.29 is 36.0 Å². The van der Waals surface area contributed by atoms with Gasteiger partial charge in [-0.2, -0.15) is 8.78 Å². The van der Waals surface area contributed by atoms with Crippen LogP contribution in [0.1, 0.15) is 5.56 Å². The van der Waals surface area contributed by atoms with Gasteiger partial charge in [-0.1, -0.05) is 30.9 Å². The summed E-state index contributed by atoms with van der Waals surface area (Å²) in [5.74, 6) is -2.29. The van der Waals surface area contributed by atoms with E-state index in [1.807, 2.05) is 6.07 Å². The standard InChI is InChI=1S/C15H12F2O6S/c1-2-10-3-4-12-8-13(6-5-11(12)7-10)22-9-23-14(18)15(16,17)24(19,20)21/h2-8H,1,9H2,(H,19,20,21)/p-1. The minimum Gasteiger partial charge on any atom is -0.743 e. The number of rotatable bonds is 6. The Morgan fingerprint density at radius 2 is 1.83 bits per heavy atom. The first-order chi connectivity index (χ1) is 11.1. The summed E-state index contributed by atoms with van der Waals surface area (Å²) >= 11 is 0. The largest absolute Gasteiger partial charge is 0.743 e. The maximum Gasteiger partial charge on any atom is 0.429 e. The number of fused-ring (bicyclic) bond motifs is 1. The highest BCUT2D eigenvalue weighted by Gasteiger charge is 2.48. The summed E-state index contributed by atoms with van der Waals surface area (Å²) in [5.41, 5.74) is 0.908. The van der Waals surface area contributed by atoms with Gasteiger partial charge in [0.25, 0.3) is 0 Å². The van der Waals surface area contributed by atoms with Crippen LogP contribution in [0.15, 0.2) is 43.0 Å². The van der Waals surface area contributed by atoms with Crippen LogP contribution >= 0.6 is 0 Å². The van der Waals surface area contributed by atoms with Crippen LogP contribution in [0.4, 0.5) is 8.78 Å². The summed E-state index contributed by atoms with van der Waals surface area (Å²) in [5, 5.41) is -3.52. The molecule has 0 heterocycles. The average Bonchev–Trinajstić information content (AvgIpc) is 2.53. The van der Waals surface area contributed by atoms with Gasteiger partial charge in [0.2, 0.25) is 6.79 Å². The van der Waals surface area contributed by atoms with Crippen molar-refractivity contribution in [2.24, 2.45) is 0 Å². The molecule has 2 aromatic carbocycles. The highest BCUT2D eigenvalue weighted by atomic mass is 32.2. The van der Waals surface area contributed by atoms with Crippen molar-refractivity contribution in [1.82, 2.24) is 0 Å². The molecule has 0 N–H and O–H groups in total. The zero-order valence-electron chi connectivity index (χ0n) is 12.1. The van der Waals surface area contributed by atoms with Crippen LogP contribution in [0.5, 0.6) is 5.75 Å². The molecular formula is C15H11F2O6S-. The predicted molar refractivity (Wildman–Crippen MR) is 80.3 cm³/mol. The maximum absolute atomic E-state index is 12.9. The molecule has 2 rings (SSSR count). The van der Waals surface area contributed by atoms with E-state index in [0.29, 0.717) is 0 Å². The van der Waals surface area contributed by atoms with Crippen molar-refractivity contribution in [3.8, 4) is 5.75 Å². The molecule has 0 amide bonds. The molecule has 0 aromatic heterocycles. The molecule has 0 aliphatic rings. The molecule has 0 spiro atoms. The number of hydrogen-bond donors (Lipinski definition) is 0. The van der Waals surface area contributed by atoms with E-state index in [2.05, 4.69) is 11.3 Å². The Kier molecular flexibility index (Phi) is 4.86. The summed E-state index contributed by atoms with van der Waals surface area (Å²) in [6, 6.07) is 10.2. The van der Waals surface area contributed by atoms with Crippen molar-refractivity contribution in [3.63, 3.8) is 0 Å². The summed E-state index contributed by atoms with van der Waals surface area (Å²) in [6.07, 6.45) is 1.67. The Hall–Kier alpha value is -2.52. The third-order valence-corrected chi connectivity index (χ3v) is 3.83. The van der Waals surface area contributed by atoms with Gasteiger partial charge in [-0.05, 0) is 34.5 Å². The number of hydrogen-bond acceptors (Lipinski definition) is 6. The molecule has 9 heteroatoms. The van der Waals surface area contributed by atoms with Gasteiger partial charge in [0.1, 0.15) is 5.75 Å². The van der Waals surface area contributed by atoms with E-state index in [1.165, 1.54) is 6.07 Å². The quantitative estimate of drug-likeness (QED) is 0.448. The minimum absolute atomic E-state index is 0.204. The van der Waals surface area contributed by atoms with Crippen LogP contribution in [0, 0.1) is 0 Å². The monoisotopic (exact) mass is 357 g/mol. The van der Waals surface area contributed by atoms with Crippen molar-refractivity contribution in [2.75, 3.05) is 6.79 Å². The lowest BCUT2D eigenvalue weighted by Crippen LogP contribution is -2.39. The number of ether oxygens (including phenoxy) is 2. The van der Waals surface area contributed by atoms with Crippen LogP contribution in [0.25, 0.3) is 16.8 Å². The smallest absolute Gasteiger partial charge is 0.429 e. The minimum atomic E-state index is -6.15. The van der Waals surface area contributed by atoms with Gasteiger partial charge in [-0.15, -0.1) is 0 Å². The summed E-state index contributed by atoms with van der Waals surface area (Å²) in [4.78, 5) is 10.9. The van der Waals surface area contributed by atoms with E-state index in [0.717, 1.165) is 16.3 Å². The molecular weight excluding hydrogens is 346 g/mol.